The minimum Gasteiger partial charge on any atom is -0.409 e. The van der Waals surface area contributed by atoms with E-state index < -0.39 is 5.82 Å². The van der Waals surface area contributed by atoms with E-state index in [-0.39, 0.29) is 5.84 Å². The van der Waals surface area contributed by atoms with Crippen molar-refractivity contribution in [2.45, 2.75) is 24.5 Å². The number of halogens is 1. The lowest BCUT2D eigenvalue weighted by Crippen LogP contribution is -2.15. The average molecular weight is 304 g/mol. The molecule has 0 spiro atoms. The van der Waals surface area contributed by atoms with E-state index in [4.69, 9.17) is 10.9 Å². The molecule has 0 aliphatic rings. The van der Waals surface area contributed by atoms with E-state index in [1.807, 2.05) is 0 Å². The van der Waals surface area contributed by atoms with Gasteiger partial charge in [0.15, 0.2) is 5.84 Å². The molecule has 0 fully saturated rings. The number of oxime groups is 1. The molecule has 3 nitrogen and oxygen atoms in total. The van der Waals surface area contributed by atoms with Crippen molar-refractivity contribution >= 4 is 17.6 Å². The molecule has 0 aromatic heterocycles. The van der Waals surface area contributed by atoms with Gasteiger partial charge in [-0.05, 0) is 43.2 Å². The smallest absolute Gasteiger partial charge is 0.170 e. The summed E-state index contributed by atoms with van der Waals surface area (Å²) in [5.74, 6) is 0.137. The highest BCUT2D eigenvalue weighted by Crippen LogP contribution is 2.28. The molecular weight excluding hydrogens is 287 g/mol. The van der Waals surface area contributed by atoms with Crippen LogP contribution in [0, 0.1) is 19.7 Å². The second kappa shape index (κ2) is 6.63. The van der Waals surface area contributed by atoms with Crippen LogP contribution in [-0.2, 0) is 5.75 Å². The quantitative estimate of drug-likeness (QED) is 0.297. The van der Waals surface area contributed by atoms with Crippen molar-refractivity contribution in [3.63, 3.8) is 0 Å². The predicted molar refractivity (Wildman–Crippen MR) is 84.4 cm³/mol. The monoisotopic (exact) mass is 304 g/mol. The molecule has 3 N–H and O–H groups in total. The maximum Gasteiger partial charge on any atom is 0.170 e. The molecule has 0 atom stereocenters. The van der Waals surface area contributed by atoms with Crippen molar-refractivity contribution in [1.82, 2.24) is 0 Å². The van der Waals surface area contributed by atoms with Gasteiger partial charge in [-0.3, -0.25) is 0 Å². The maximum absolute atomic E-state index is 13.3. The Labute approximate surface area is 127 Å². The van der Waals surface area contributed by atoms with Crippen LogP contribution in [0.3, 0.4) is 0 Å². The molecule has 0 aliphatic carbocycles. The van der Waals surface area contributed by atoms with Crippen molar-refractivity contribution in [2.75, 3.05) is 0 Å². The van der Waals surface area contributed by atoms with Crippen LogP contribution < -0.4 is 5.73 Å². The number of aryl methyl sites for hydroxylation is 2. The van der Waals surface area contributed by atoms with E-state index in [1.165, 1.54) is 23.3 Å². The Morgan fingerprint density at radius 2 is 2.00 bits per heavy atom. The number of nitrogens with zero attached hydrogens (tertiary/aromatic N) is 1. The molecule has 2 rings (SSSR count). The van der Waals surface area contributed by atoms with E-state index in [1.54, 1.807) is 17.8 Å². The fourth-order valence-corrected chi connectivity index (χ4v) is 3.10. The zero-order chi connectivity index (χ0) is 15.4. The molecule has 0 saturated carbocycles. The SMILES string of the molecule is Cc1ccc(SCc2ccc(F)cc2C(N)=NO)c(C)c1. The van der Waals surface area contributed by atoms with Gasteiger partial charge in [0.25, 0.3) is 0 Å². The first-order valence-electron chi connectivity index (χ1n) is 6.47. The van der Waals surface area contributed by atoms with Gasteiger partial charge in [0, 0.05) is 16.2 Å². The highest BCUT2D eigenvalue weighted by molar-refractivity contribution is 7.98. The molecule has 0 saturated heterocycles. The number of hydrogen-bond acceptors (Lipinski definition) is 3. The third kappa shape index (κ3) is 3.76. The Morgan fingerprint density at radius 3 is 2.67 bits per heavy atom. The van der Waals surface area contributed by atoms with Gasteiger partial charge in [0.05, 0.1) is 0 Å². The molecule has 0 radical (unpaired) electrons. The van der Waals surface area contributed by atoms with E-state index >= 15 is 0 Å². The fraction of sp³-hybridized carbons (Fsp3) is 0.188. The maximum atomic E-state index is 13.3. The van der Waals surface area contributed by atoms with Crippen LogP contribution in [0.2, 0.25) is 0 Å². The minimum absolute atomic E-state index is 0.0780. The standard InChI is InChI=1S/C16H17FN2OS/c1-10-3-6-15(11(2)7-10)21-9-12-4-5-13(17)8-14(12)16(18)19-20/h3-8,20H,9H2,1-2H3,(H2,18,19). The van der Waals surface area contributed by atoms with Gasteiger partial charge >= 0.3 is 0 Å². The highest BCUT2D eigenvalue weighted by atomic mass is 32.2. The molecule has 2 aromatic rings. The second-order valence-corrected chi connectivity index (χ2v) is 5.86. The van der Waals surface area contributed by atoms with Crippen molar-refractivity contribution in [3.05, 3.63) is 64.5 Å². The van der Waals surface area contributed by atoms with Gasteiger partial charge in [-0.25, -0.2) is 4.39 Å². The van der Waals surface area contributed by atoms with Gasteiger partial charge in [-0.2, -0.15) is 0 Å². The summed E-state index contributed by atoms with van der Waals surface area (Å²) in [5, 5.41) is 11.8. The highest BCUT2D eigenvalue weighted by Gasteiger charge is 2.10. The lowest BCUT2D eigenvalue weighted by molar-refractivity contribution is 0.318. The summed E-state index contributed by atoms with van der Waals surface area (Å²) in [5.41, 5.74) is 9.28. The molecule has 21 heavy (non-hydrogen) atoms. The van der Waals surface area contributed by atoms with Crippen LogP contribution >= 0.6 is 11.8 Å². The van der Waals surface area contributed by atoms with Gasteiger partial charge in [-0.1, -0.05) is 28.9 Å². The van der Waals surface area contributed by atoms with Gasteiger partial charge in [-0.15, -0.1) is 11.8 Å². The summed E-state index contributed by atoms with van der Waals surface area (Å²) in [6.07, 6.45) is 0. The van der Waals surface area contributed by atoms with Crippen LogP contribution in [0.5, 0.6) is 0 Å². The summed E-state index contributed by atoms with van der Waals surface area (Å²) < 4.78 is 13.3. The lowest BCUT2D eigenvalue weighted by Gasteiger charge is -2.10. The Bertz CT molecular complexity index is 686. The number of benzene rings is 2. The summed E-state index contributed by atoms with van der Waals surface area (Å²) in [7, 11) is 0. The van der Waals surface area contributed by atoms with E-state index in [9.17, 15) is 4.39 Å². The van der Waals surface area contributed by atoms with E-state index in [0.29, 0.717) is 11.3 Å². The molecule has 2 aromatic carbocycles. The number of nitrogens with two attached hydrogens (primary N) is 1. The van der Waals surface area contributed by atoms with Gasteiger partial charge < -0.3 is 10.9 Å². The number of hydrogen-bond donors (Lipinski definition) is 2. The molecule has 0 aliphatic heterocycles. The normalized spacial score (nSPS) is 11.7. The van der Waals surface area contributed by atoms with Crippen LogP contribution in [0.4, 0.5) is 4.39 Å². The Hall–Kier alpha value is -2.01. The molecular formula is C16H17FN2OS. The molecule has 0 heterocycles. The van der Waals surface area contributed by atoms with Crippen LogP contribution in [0.1, 0.15) is 22.3 Å². The van der Waals surface area contributed by atoms with Crippen LogP contribution in [0.25, 0.3) is 0 Å². The molecule has 0 unspecified atom stereocenters. The predicted octanol–water partition coefficient (Wildman–Crippen LogP) is 3.83. The first kappa shape index (κ1) is 15.4. The number of thioether (sulfide) groups is 1. The number of rotatable bonds is 4. The first-order chi connectivity index (χ1) is 10.0. The van der Waals surface area contributed by atoms with Crippen molar-refractivity contribution in [3.8, 4) is 0 Å². The Kier molecular flexibility index (Phi) is 4.85. The zero-order valence-electron chi connectivity index (χ0n) is 11.9. The first-order valence-corrected chi connectivity index (χ1v) is 7.46. The molecule has 0 bridgehead atoms. The van der Waals surface area contributed by atoms with Crippen molar-refractivity contribution in [1.29, 1.82) is 0 Å². The summed E-state index contributed by atoms with van der Waals surface area (Å²) in [4.78, 5) is 1.16. The average Bonchev–Trinajstić information content (AvgIpc) is 2.46. The topological polar surface area (TPSA) is 58.6 Å². The minimum atomic E-state index is -0.406. The third-order valence-electron chi connectivity index (χ3n) is 3.17. The zero-order valence-corrected chi connectivity index (χ0v) is 12.7. The van der Waals surface area contributed by atoms with Crippen molar-refractivity contribution in [2.24, 2.45) is 10.9 Å². The molecule has 110 valence electrons. The largest absolute Gasteiger partial charge is 0.409 e. The summed E-state index contributed by atoms with van der Waals surface area (Å²) in [6, 6.07) is 10.6. The Balaban J connectivity index is 2.24. The summed E-state index contributed by atoms with van der Waals surface area (Å²) >= 11 is 1.64. The van der Waals surface area contributed by atoms with Gasteiger partial charge in [0.1, 0.15) is 5.82 Å². The third-order valence-corrected chi connectivity index (χ3v) is 4.39. The summed E-state index contributed by atoms with van der Waals surface area (Å²) in [6.45, 7) is 4.11. The number of amidine groups is 1. The van der Waals surface area contributed by atoms with Gasteiger partial charge in [0.2, 0.25) is 0 Å². The molecule has 0 amide bonds. The van der Waals surface area contributed by atoms with E-state index in [2.05, 4.69) is 37.2 Å². The van der Waals surface area contributed by atoms with Crippen LogP contribution in [0.15, 0.2) is 46.4 Å². The van der Waals surface area contributed by atoms with Crippen LogP contribution in [-0.4, -0.2) is 11.0 Å². The second-order valence-electron chi connectivity index (χ2n) is 4.84. The van der Waals surface area contributed by atoms with E-state index in [0.717, 1.165) is 10.5 Å². The molecule has 5 heteroatoms. The fourth-order valence-electron chi connectivity index (χ4n) is 2.08. The van der Waals surface area contributed by atoms with Crippen molar-refractivity contribution < 1.29 is 9.60 Å². The Morgan fingerprint density at radius 1 is 1.24 bits per heavy atom. The lowest BCUT2D eigenvalue weighted by atomic mass is 10.1.